The van der Waals surface area contributed by atoms with Crippen LogP contribution in [-0.4, -0.2) is 44.1 Å². The van der Waals surface area contributed by atoms with Gasteiger partial charge in [0.2, 0.25) is 0 Å². The van der Waals surface area contributed by atoms with E-state index in [1.54, 1.807) is 0 Å². The van der Waals surface area contributed by atoms with Crippen molar-refractivity contribution in [1.82, 2.24) is 5.32 Å². The Morgan fingerprint density at radius 1 is 1.43 bits per heavy atom. The summed E-state index contributed by atoms with van der Waals surface area (Å²) in [6.07, 6.45) is 1.04. The summed E-state index contributed by atoms with van der Waals surface area (Å²) in [6.45, 7) is 3.93. The van der Waals surface area contributed by atoms with Crippen LogP contribution in [0.3, 0.4) is 0 Å². The first-order chi connectivity index (χ1) is 6.22. The maximum Gasteiger partial charge on any atom is 0.308 e. The second kappa shape index (κ2) is 5.31. The van der Waals surface area contributed by atoms with Gasteiger partial charge in [-0.2, -0.15) is 0 Å². The molecule has 84 valence electrons. The lowest BCUT2D eigenvalue weighted by molar-refractivity contribution is -0.140. The van der Waals surface area contributed by atoms with Gasteiger partial charge in [-0.15, -0.1) is 0 Å². The fourth-order valence-corrected chi connectivity index (χ4v) is 1.95. The lowest BCUT2D eigenvalue weighted by Gasteiger charge is -2.14. The second-order valence-electron chi connectivity index (χ2n) is 3.69. The van der Waals surface area contributed by atoms with Crippen molar-refractivity contribution in [3.05, 3.63) is 0 Å². The first-order valence-corrected chi connectivity index (χ1v) is 6.42. The van der Waals surface area contributed by atoms with E-state index >= 15 is 0 Å². The van der Waals surface area contributed by atoms with Crippen LogP contribution in [0.1, 0.15) is 13.8 Å². The van der Waals surface area contributed by atoms with Crippen LogP contribution in [0.4, 0.5) is 0 Å². The third-order valence-electron chi connectivity index (χ3n) is 1.63. The van der Waals surface area contributed by atoms with Crippen LogP contribution < -0.4 is 5.32 Å². The average molecular weight is 223 g/mol. The third kappa shape index (κ3) is 6.85. The average Bonchev–Trinajstić information content (AvgIpc) is 1.94. The molecule has 0 aromatic carbocycles. The van der Waals surface area contributed by atoms with Gasteiger partial charge in [0.25, 0.3) is 0 Å². The normalized spacial score (nSPS) is 14.3. The lowest BCUT2D eigenvalue weighted by Crippen LogP contribution is -2.36. The highest BCUT2D eigenvalue weighted by Crippen LogP contribution is 2.00. The van der Waals surface area contributed by atoms with Gasteiger partial charge in [-0.05, 0) is 0 Å². The van der Waals surface area contributed by atoms with Crippen LogP contribution in [0.25, 0.3) is 0 Å². The predicted molar refractivity (Wildman–Crippen MR) is 54.0 cm³/mol. The molecule has 0 amide bonds. The highest BCUT2D eigenvalue weighted by atomic mass is 32.2. The number of aliphatic carboxylic acids is 1. The molecule has 6 heteroatoms. The van der Waals surface area contributed by atoms with E-state index in [0.717, 1.165) is 6.26 Å². The van der Waals surface area contributed by atoms with E-state index in [4.69, 9.17) is 5.11 Å². The maximum atomic E-state index is 10.9. The molecule has 0 aromatic heterocycles. The van der Waals surface area contributed by atoms with Crippen LogP contribution in [-0.2, 0) is 14.6 Å². The molecule has 0 fully saturated rings. The largest absolute Gasteiger partial charge is 0.481 e. The first-order valence-electron chi connectivity index (χ1n) is 4.36. The number of hydrogen-bond acceptors (Lipinski definition) is 4. The molecule has 14 heavy (non-hydrogen) atoms. The summed E-state index contributed by atoms with van der Waals surface area (Å²) in [5.41, 5.74) is 0. The Bertz CT molecular complexity index is 284. The highest BCUT2D eigenvalue weighted by molar-refractivity contribution is 7.90. The second-order valence-corrected chi connectivity index (χ2v) is 5.88. The number of carbonyl (C=O) groups is 1. The Balaban J connectivity index is 4.25. The summed E-state index contributed by atoms with van der Waals surface area (Å²) in [6, 6.07) is 0.149. The van der Waals surface area contributed by atoms with Gasteiger partial charge >= 0.3 is 5.97 Å². The van der Waals surface area contributed by atoms with E-state index in [1.165, 1.54) is 0 Å². The van der Waals surface area contributed by atoms with E-state index < -0.39 is 21.7 Å². The van der Waals surface area contributed by atoms with Gasteiger partial charge in [-0.3, -0.25) is 4.79 Å². The van der Waals surface area contributed by atoms with Gasteiger partial charge in [-0.1, -0.05) is 13.8 Å². The van der Waals surface area contributed by atoms with Crippen molar-refractivity contribution < 1.29 is 18.3 Å². The molecule has 0 saturated carbocycles. The molecule has 0 radical (unpaired) electrons. The predicted octanol–water partition coefficient (Wildman–Crippen LogP) is -0.270. The van der Waals surface area contributed by atoms with Crippen molar-refractivity contribution in [2.45, 2.75) is 19.9 Å². The molecule has 0 aliphatic rings. The SMILES string of the molecule is CC(C)NCC(CS(C)(=O)=O)C(=O)O. The third-order valence-corrected chi connectivity index (χ3v) is 2.63. The molecule has 5 nitrogen and oxygen atoms in total. The van der Waals surface area contributed by atoms with E-state index in [9.17, 15) is 13.2 Å². The number of nitrogens with one attached hydrogen (secondary N) is 1. The number of sulfone groups is 1. The molecule has 0 saturated heterocycles. The van der Waals surface area contributed by atoms with Crippen molar-refractivity contribution in [1.29, 1.82) is 0 Å². The molecule has 0 rings (SSSR count). The number of carboxylic acid groups (broad SMARTS) is 1. The quantitative estimate of drug-likeness (QED) is 0.647. The lowest BCUT2D eigenvalue weighted by atomic mass is 10.2. The van der Waals surface area contributed by atoms with Gasteiger partial charge in [0.1, 0.15) is 9.84 Å². The Kier molecular flexibility index (Phi) is 5.07. The minimum absolute atomic E-state index is 0.149. The van der Waals surface area contributed by atoms with Crippen molar-refractivity contribution in [2.24, 2.45) is 5.92 Å². The molecular weight excluding hydrogens is 206 g/mol. The van der Waals surface area contributed by atoms with Gasteiger partial charge in [0.15, 0.2) is 0 Å². The fraction of sp³-hybridized carbons (Fsp3) is 0.875. The van der Waals surface area contributed by atoms with Crippen LogP contribution >= 0.6 is 0 Å². The summed E-state index contributed by atoms with van der Waals surface area (Å²) in [4.78, 5) is 10.7. The Morgan fingerprint density at radius 3 is 2.21 bits per heavy atom. The molecule has 0 aliphatic carbocycles. The summed E-state index contributed by atoms with van der Waals surface area (Å²) >= 11 is 0. The van der Waals surface area contributed by atoms with Gasteiger partial charge in [0, 0.05) is 18.8 Å². The standard InChI is InChI=1S/C8H17NO4S/c1-6(2)9-4-7(8(10)11)5-14(3,12)13/h6-7,9H,4-5H2,1-3H3,(H,10,11). The summed E-state index contributed by atoms with van der Waals surface area (Å²) in [7, 11) is -3.24. The topological polar surface area (TPSA) is 83.5 Å². The zero-order valence-electron chi connectivity index (χ0n) is 8.65. The number of rotatable bonds is 6. The molecule has 1 unspecified atom stereocenters. The van der Waals surface area contributed by atoms with Gasteiger partial charge in [-0.25, -0.2) is 8.42 Å². The number of hydrogen-bond donors (Lipinski definition) is 2. The van der Waals surface area contributed by atoms with Crippen LogP contribution in [0.5, 0.6) is 0 Å². The highest BCUT2D eigenvalue weighted by Gasteiger charge is 2.22. The zero-order chi connectivity index (χ0) is 11.4. The molecule has 0 spiro atoms. The Hall–Kier alpha value is -0.620. The van der Waals surface area contributed by atoms with Crippen molar-refractivity contribution >= 4 is 15.8 Å². The molecule has 2 N–H and O–H groups in total. The minimum Gasteiger partial charge on any atom is -0.481 e. The van der Waals surface area contributed by atoms with E-state index in [2.05, 4.69) is 5.32 Å². The zero-order valence-corrected chi connectivity index (χ0v) is 9.47. The molecule has 0 aromatic rings. The van der Waals surface area contributed by atoms with E-state index in [1.807, 2.05) is 13.8 Å². The van der Waals surface area contributed by atoms with Crippen molar-refractivity contribution in [3.8, 4) is 0 Å². The van der Waals surface area contributed by atoms with E-state index in [0.29, 0.717) is 0 Å². The van der Waals surface area contributed by atoms with Crippen molar-refractivity contribution in [2.75, 3.05) is 18.6 Å². The summed E-state index contributed by atoms with van der Waals surface area (Å²) in [5, 5.41) is 11.6. The molecule has 1 atom stereocenters. The monoisotopic (exact) mass is 223 g/mol. The Morgan fingerprint density at radius 2 is 1.93 bits per heavy atom. The summed E-state index contributed by atoms with van der Waals surface area (Å²) in [5.74, 6) is -2.27. The summed E-state index contributed by atoms with van der Waals surface area (Å²) < 4.78 is 21.8. The maximum absolute atomic E-state index is 10.9. The Labute approximate surface area is 84.4 Å². The van der Waals surface area contributed by atoms with E-state index in [-0.39, 0.29) is 18.3 Å². The van der Waals surface area contributed by atoms with Gasteiger partial charge < -0.3 is 10.4 Å². The molecular formula is C8H17NO4S. The van der Waals surface area contributed by atoms with Gasteiger partial charge in [0.05, 0.1) is 11.7 Å². The first kappa shape index (κ1) is 13.4. The fourth-order valence-electron chi connectivity index (χ4n) is 0.961. The molecule has 0 bridgehead atoms. The van der Waals surface area contributed by atoms with Crippen LogP contribution in [0.15, 0.2) is 0 Å². The minimum atomic E-state index is -3.24. The molecule has 0 aliphatic heterocycles. The van der Waals surface area contributed by atoms with Crippen LogP contribution in [0, 0.1) is 5.92 Å². The smallest absolute Gasteiger partial charge is 0.308 e. The number of carboxylic acids is 1. The molecule has 0 heterocycles. The van der Waals surface area contributed by atoms with Crippen LogP contribution in [0.2, 0.25) is 0 Å². The van der Waals surface area contributed by atoms with Crippen molar-refractivity contribution in [3.63, 3.8) is 0 Å².